The Morgan fingerprint density at radius 3 is 2.86 bits per heavy atom. The summed E-state index contributed by atoms with van der Waals surface area (Å²) in [6.07, 6.45) is 8.97. The summed E-state index contributed by atoms with van der Waals surface area (Å²) in [6, 6.07) is 6.42. The quantitative estimate of drug-likeness (QED) is 0.848. The van der Waals surface area contributed by atoms with Gasteiger partial charge in [-0.3, -0.25) is 14.5 Å². The van der Waals surface area contributed by atoms with Crippen LogP contribution in [-0.2, 0) is 6.54 Å². The van der Waals surface area contributed by atoms with Gasteiger partial charge >= 0.3 is 0 Å². The monoisotopic (exact) mass is 392 g/mol. The molecule has 6 nitrogen and oxygen atoms in total. The van der Waals surface area contributed by atoms with Crippen LogP contribution < -0.4 is 0 Å². The van der Waals surface area contributed by atoms with Gasteiger partial charge in [0, 0.05) is 23.7 Å². The molecule has 1 aromatic heterocycles. The number of benzene rings is 1. The maximum Gasteiger partial charge on any atom is 0.255 e. The number of aliphatic hydroxyl groups is 1. The van der Waals surface area contributed by atoms with Gasteiger partial charge in [0.2, 0.25) is 0 Å². The molecule has 152 valence electrons. The standard InChI is InChI=1S/C23H28N4O2/c1-23(2,29)14-26-21-5-3-4-19(20(21)13-25-26)22(28)27(17-8-9-17)18-7-6-15-11-24-12-16(15)10-18/h3-5,12-13,17-18,29H,6-11,14H2,1-2H3. The second kappa shape index (κ2) is 6.80. The van der Waals surface area contributed by atoms with Crippen molar-refractivity contribution >= 4 is 23.0 Å². The fourth-order valence-electron chi connectivity index (χ4n) is 4.73. The third kappa shape index (κ3) is 3.50. The molecule has 2 heterocycles. The highest BCUT2D eigenvalue weighted by Gasteiger charge is 2.40. The predicted octanol–water partition coefficient (Wildman–Crippen LogP) is 3.35. The van der Waals surface area contributed by atoms with Gasteiger partial charge in [0.15, 0.2) is 0 Å². The van der Waals surface area contributed by atoms with Crippen LogP contribution in [0.4, 0.5) is 0 Å². The third-order valence-electron chi connectivity index (χ3n) is 6.24. The lowest BCUT2D eigenvalue weighted by Crippen LogP contribution is -2.43. The largest absolute Gasteiger partial charge is 0.389 e. The minimum Gasteiger partial charge on any atom is -0.389 e. The first-order valence-electron chi connectivity index (χ1n) is 10.6. The van der Waals surface area contributed by atoms with E-state index >= 15 is 0 Å². The number of nitrogens with zero attached hydrogens (tertiary/aromatic N) is 4. The van der Waals surface area contributed by atoms with Crippen LogP contribution in [0.2, 0.25) is 0 Å². The van der Waals surface area contributed by atoms with Crippen LogP contribution in [0.1, 0.15) is 56.3 Å². The number of aliphatic imine (C=N–C) groups is 1. The molecule has 1 fully saturated rings. The lowest BCUT2D eigenvalue weighted by Gasteiger charge is -2.35. The summed E-state index contributed by atoms with van der Waals surface area (Å²) in [5, 5.41) is 15.5. The normalized spacial score (nSPS) is 21.7. The van der Waals surface area contributed by atoms with Crippen molar-refractivity contribution in [1.82, 2.24) is 14.7 Å². The van der Waals surface area contributed by atoms with Crippen molar-refractivity contribution in [2.75, 3.05) is 6.54 Å². The minimum atomic E-state index is -0.866. The molecule has 6 heteroatoms. The number of fused-ring (bicyclic) bond motifs is 1. The van der Waals surface area contributed by atoms with Crippen LogP contribution in [0.25, 0.3) is 10.9 Å². The van der Waals surface area contributed by atoms with E-state index in [0.717, 1.165) is 55.1 Å². The molecule has 0 spiro atoms. The molecule has 0 radical (unpaired) electrons. The Morgan fingerprint density at radius 2 is 2.10 bits per heavy atom. The minimum absolute atomic E-state index is 0.116. The molecule has 1 aliphatic heterocycles. The number of rotatable bonds is 5. The highest BCUT2D eigenvalue weighted by atomic mass is 16.3. The molecule has 1 amide bonds. The molecule has 1 saturated carbocycles. The Labute approximate surface area is 170 Å². The van der Waals surface area contributed by atoms with Crippen LogP contribution in [0.15, 0.2) is 40.5 Å². The number of carbonyl (C=O) groups is 1. The molecule has 5 rings (SSSR count). The summed E-state index contributed by atoms with van der Waals surface area (Å²) in [6.45, 7) is 4.77. The number of amides is 1. The van der Waals surface area contributed by atoms with Gasteiger partial charge in [-0.2, -0.15) is 5.10 Å². The van der Waals surface area contributed by atoms with Crippen molar-refractivity contribution in [3.63, 3.8) is 0 Å². The van der Waals surface area contributed by atoms with Crippen molar-refractivity contribution in [3.05, 3.63) is 41.1 Å². The topological polar surface area (TPSA) is 70.7 Å². The molecule has 29 heavy (non-hydrogen) atoms. The Bertz CT molecular complexity index is 1020. The maximum absolute atomic E-state index is 13.7. The molecule has 0 saturated heterocycles. The first kappa shape index (κ1) is 18.6. The van der Waals surface area contributed by atoms with Crippen molar-refractivity contribution < 1.29 is 9.90 Å². The zero-order chi connectivity index (χ0) is 20.2. The van der Waals surface area contributed by atoms with Crippen molar-refractivity contribution in [3.8, 4) is 0 Å². The average Bonchev–Trinajstić information content (AvgIpc) is 3.25. The zero-order valence-corrected chi connectivity index (χ0v) is 17.1. The molecule has 3 aliphatic rings. The van der Waals surface area contributed by atoms with E-state index in [9.17, 15) is 9.90 Å². The summed E-state index contributed by atoms with van der Waals surface area (Å²) >= 11 is 0. The molecule has 0 bridgehead atoms. The maximum atomic E-state index is 13.7. The summed E-state index contributed by atoms with van der Waals surface area (Å²) in [5.41, 5.74) is 3.55. The molecule has 1 unspecified atom stereocenters. The van der Waals surface area contributed by atoms with Crippen molar-refractivity contribution in [2.24, 2.45) is 4.99 Å². The van der Waals surface area contributed by atoms with Crippen LogP contribution >= 0.6 is 0 Å². The SMILES string of the molecule is CC(C)(O)Cn1ncc2c(C(=O)N(C3CC3)C3CCC4=C(C=NC4)C3)cccc21. The fraction of sp³-hybridized carbons (Fsp3) is 0.522. The van der Waals surface area contributed by atoms with E-state index in [-0.39, 0.29) is 11.9 Å². The van der Waals surface area contributed by atoms with E-state index in [2.05, 4.69) is 15.0 Å². The average molecular weight is 393 g/mol. The van der Waals surface area contributed by atoms with Gasteiger partial charge in [-0.05, 0) is 69.2 Å². The van der Waals surface area contributed by atoms with Gasteiger partial charge in [-0.1, -0.05) is 6.07 Å². The molecular weight excluding hydrogens is 364 g/mol. The Morgan fingerprint density at radius 1 is 1.28 bits per heavy atom. The van der Waals surface area contributed by atoms with E-state index < -0.39 is 5.60 Å². The summed E-state index contributed by atoms with van der Waals surface area (Å²) in [5.74, 6) is 0.116. The van der Waals surface area contributed by atoms with Crippen LogP contribution in [0, 0.1) is 0 Å². The zero-order valence-electron chi connectivity index (χ0n) is 17.1. The van der Waals surface area contributed by atoms with Crippen molar-refractivity contribution in [2.45, 2.75) is 70.2 Å². The number of carbonyl (C=O) groups excluding carboxylic acids is 1. The smallest absolute Gasteiger partial charge is 0.255 e. The lowest BCUT2D eigenvalue weighted by atomic mass is 9.88. The highest BCUT2D eigenvalue weighted by Crippen LogP contribution is 2.38. The van der Waals surface area contributed by atoms with Crippen LogP contribution in [0.3, 0.4) is 0 Å². The van der Waals surface area contributed by atoms with Gasteiger partial charge in [-0.15, -0.1) is 0 Å². The molecule has 2 aromatic rings. The van der Waals surface area contributed by atoms with E-state index in [1.165, 1.54) is 11.1 Å². The highest BCUT2D eigenvalue weighted by molar-refractivity contribution is 6.06. The molecule has 1 N–H and O–H groups in total. The van der Waals surface area contributed by atoms with Crippen LogP contribution in [0.5, 0.6) is 0 Å². The fourth-order valence-corrected chi connectivity index (χ4v) is 4.73. The van der Waals surface area contributed by atoms with Crippen LogP contribution in [-0.4, -0.2) is 56.1 Å². The molecule has 1 aromatic carbocycles. The summed E-state index contributed by atoms with van der Waals surface area (Å²) < 4.78 is 1.79. The van der Waals surface area contributed by atoms with Gasteiger partial charge in [0.25, 0.3) is 5.91 Å². The summed E-state index contributed by atoms with van der Waals surface area (Å²) in [4.78, 5) is 20.3. The van der Waals surface area contributed by atoms with Gasteiger partial charge in [0.1, 0.15) is 0 Å². The summed E-state index contributed by atoms with van der Waals surface area (Å²) in [7, 11) is 0. The second-order valence-corrected chi connectivity index (χ2v) is 9.29. The van der Waals surface area contributed by atoms with E-state index in [1.54, 1.807) is 24.7 Å². The van der Waals surface area contributed by atoms with Crippen molar-refractivity contribution in [1.29, 1.82) is 0 Å². The molecule has 1 atom stereocenters. The Hall–Kier alpha value is -2.47. The van der Waals surface area contributed by atoms with Gasteiger partial charge in [0.05, 0.1) is 36.0 Å². The van der Waals surface area contributed by atoms with E-state index in [4.69, 9.17) is 0 Å². The van der Waals surface area contributed by atoms with E-state index in [0.29, 0.717) is 12.6 Å². The van der Waals surface area contributed by atoms with E-state index in [1.807, 2.05) is 24.4 Å². The molecule has 2 aliphatic carbocycles. The lowest BCUT2D eigenvalue weighted by molar-refractivity contribution is 0.0591. The Balaban J connectivity index is 1.47. The number of hydrogen-bond donors (Lipinski definition) is 1. The Kier molecular flexibility index (Phi) is 4.35. The number of aromatic nitrogens is 2. The third-order valence-corrected chi connectivity index (χ3v) is 6.24. The molecular formula is C23H28N4O2. The first-order valence-corrected chi connectivity index (χ1v) is 10.6. The van der Waals surface area contributed by atoms with Gasteiger partial charge in [-0.25, -0.2) is 0 Å². The van der Waals surface area contributed by atoms with Gasteiger partial charge < -0.3 is 10.0 Å². The first-order chi connectivity index (χ1) is 13.9. The second-order valence-electron chi connectivity index (χ2n) is 9.29. The number of hydrogen-bond acceptors (Lipinski definition) is 4. The predicted molar refractivity (Wildman–Crippen MR) is 113 cm³/mol.